The van der Waals surface area contributed by atoms with Crippen LogP contribution in [0.2, 0.25) is 0 Å². The lowest BCUT2D eigenvalue weighted by Crippen LogP contribution is -2.41. The number of anilines is 1. The van der Waals surface area contributed by atoms with Gasteiger partial charge in [0.15, 0.2) is 0 Å². The molecule has 2 heterocycles. The summed E-state index contributed by atoms with van der Waals surface area (Å²) < 4.78 is 28.0. The van der Waals surface area contributed by atoms with E-state index in [4.69, 9.17) is 0 Å². The van der Waals surface area contributed by atoms with E-state index < -0.39 is 10.0 Å². The summed E-state index contributed by atoms with van der Waals surface area (Å²) in [6.07, 6.45) is 2.31. The third kappa shape index (κ3) is 4.44. The highest BCUT2D eigenvalue weighted by Gasteiger charge is 2.31. The molecule has 0 radical (unpaired) electrons. The summed E-state index contributed by atoms with van der Waals surface area (Å²) in [4.78, 5) is 26.0. The number of fused-ring (bicyclic) bond motifs is 1. The van der Waals surface area contributed by atoms with Crippen LogP contribution in [0.3, 0.4) is 0 Å². The van der Waals surface area contributed by atoms with Crippen molar-refractivity contribution in [3.63, 3.8) is 0 Å². The zero-order chi connectivity index (χ0) is 22.0. The predicted molar refractivity (Wildman–Crippen MR) is 118 cm³/mol. The van der Waals surface area contributed by atoms with E-state index in [0.29, 0.717) is 49.8 Å². The van der Waals surface area contributed by atoms with Gasteiger partial charge in [-0.25, -0.2) is 8.42 Å². The van der Waals surface area contributed by atoms with Crippen molar-refractivity contribution in [3.05, 3.63) is 59.7 Å². The molecule has 164 valence electrons. The normalized spacial score (nSPS) is 16.8. The molecule has 0 spiro atoms. The minimum Gasteiger partial charge on any atom is -0.356 e. The van der Waals surface area contributed by atoms with Crippen LogP contribution in [0, 0.1) is 5.92 Å². The molecule has 2 amide bonds. The van der Waals surface area contributed by atoms with Crippen molar-refractivity contribution in [1.29, 1.82) is 0 Å². The lowest BCUT2D eigenvalue weighted by molar-refractivity contribution is -0.119. The number of likely N-dealkylation sites (tertiary alicyclic amines) is 1. The largest absolute Gasteiger partial charge is 0.356 e. The van der Waals surface area contributed by atoms with Crippen LogP contribution in [-0.2, 0) is 21.2 Å². The van der Waals surface area contributed by atoms with Crippen LogP contribution in [0.5, 0.6) is 0 Å². The molecule has 2 aliphatic rings. The van der Waals surface area contributed by atoms with Crippen molar-refractivity contribution in [1.82, 2.24) is 10.2 Å². The van der Waals surface area contributed by atoms with E-state index in [9.17, 15) is 18.0 Å². The first-order valence-corrected chi connectivity index (χ1v) is 12.0. The smallest absolute Gasteiger partial charge is 0.264 e. The Balaban J connectivity index is 1.48. The second-order valence-corrected chi connectivity index (χ2v) is 10.0. The fraction of sp³-hybridized carbons (Fsp3) is 0.391. The molecule has 8 heteroatoms. The Morgan fingerprint density at radius 2 is 1.77 bits per heavy atom. The maximum Gasteiger partial charge on any atom is 0.264 e. The first-order chi connectivity index (χ1) is 14.9. The average Bonchev–Trinajstić information content (AvgIpc) is 3.23. The highest BCUT2D eigenvalue weighted by molar-refractivity contribution is 7.92. The molecular formula is C23H27N3O4S. The van der Waals surface area contributed by atoms with Crippen LogP contribution in [0.15, 0.2) is 53.4 Å². The zero-order valence-electron chi connectivity index (χ0n) is 17.6. The summed E-state index contributed by atoms with van der Waals surface area (Å²) in [6, 6.07) is 13.8. The number of para-hydroxylation sites is 1. The summed E-state index contributed by atoms with van der Waals surface area (Å²) in [5.74, 6) is 0.156. The van der Waals surface area contributed by atoms with E-state index in [0.717, 1.165) is 18.4 Å². The van der Waals surface area contributed by atoms with Gasteiger partial charge in [0.25, 0.3) is 15.9 Å². The molecule has 0 aromatic heterocycles. The van der Waals surface area contributed by atoms with Crippen LogP contribution >= 0.6 is 0 Å². The first kappa shape index (κ1) is 21.4. The minimum absolute atomic E-state index is 0.0443. The number of hydrogen-bond acceptors (Lipinski definition) is 4. The van der Waals surface area contributed by atoms with Gasteiger partial charge < -0.3 is 10.2 Å². The zero-order valence-corrected chi connectivity index (χ0v) is 18.4. The standard InChI is InChI=1S/C23H27N3O4S/c1-17(27)24-16-18-9-12-25(13-10-18)23(28)20-6-4-7-21(15-20)31(29,30)26-14-11-19-5-2-3-8-22(19)26/h2-8,15,18H,9-14,16H2,1H3,(H,24,27). The maximum absolute atomic E-state index is 13.3. The van der Waals surface area contributed by atoms with Gasteiger partial charge in [-0.1, -0.05) is 24.3 Å². The molecule has 2 aromatic carbocycles. The molecule has 1 saturated heterocycles. The van der Waals surface area contributed by atoms with Crippen LogP contribution in [0.4, 0.5) is 5.69 Å². The van der Waals surface area contributed by atoms with Crippen molar-refractivity contribution in [2.75, 3.05) is 30.5 Å². The molecule has 0 saturated carbocycles. The topological polar surface area (TPSA) is 86.8 Å². The summed E-state index contributed by atoms with van der Waals surface area (Å²) >= 11 is 0. The third-order valence-electron chi connectivity index (χ3n) is 6.05. The summed E-state index contributed by atoms with van der Waals surface area (Å²) in [5.41, 5.74) is 2.11. The lowest BCUT2D eigenvalue weighted by atomic mass is 9.96. The van der Waals surface area contributed by atoms with Crippen molar-refractivity contribution in [3.8, 4) is 0 Å². The quantitative estimate of drug-likeness (QED) is 0.772. The van der Waals surface area contributed by atoms with E-state index in [1.165, 1.54) is 17.3 Å². The number of piperidine rings is 1. The fourth-order valence-electron chi connectivity index (χ4n) is 4.29. The van der Waals surface area contributed by atoms with Gasteiger partial charge in [-0.05, 0) is 55.0 Å². The van der Waals surface area contributed by atoms with Gasteiger partial charge in [0.2, 0.25) is 5.91 Å². The number of sulfonamides is 1. The van der Waals surface area contributed by atoms with Gasteiger partial charge in [0.1, 0.15) is 0 Å². The van der Waals surface area contributed by atoms with Gasteiger partial charge >= 0.3 is 0 Å². The van der Waals surface area contributed by atoms with Gasteiger partial charge in [-0.3, -0.25) is 13.9 Å². The Labute approximate surface area is 183 Å². The fourth-order valence-corrected chi connectivity index (χ4v) is 5.83. The number of amides is 2. The SMILES string of the molecule is CC(=O)NCC1CCN(C(=O)c2cccc(S(=O)(=O)N3CCc4ccccc43)c2)CC1. The number of hydrogen-bond donors (Lipinski definition) is 1. The van der Waals surface area contributed by atoms with Gasteiger partial charge in [-0.15, -0.1) is 0 Å². The molecule has 1 fully saturated rings. The van der Waals surface area contributed by atoms with Crippen molar-refractivity contribution in [2.45, 2.75) is 31.1 Å². The Hall–Kier alpha value is -2.87. The van der Waals surface area contributed by atoms with Crippen LogP contribution in [0.1, 0.15) is 35.7 Å². The van der Waals surface area contributed by atoms with Gasteiger partial charge in [0, 0.05) is 38.7 Å². The number of carbonyl (C=O) groups excluding carboxylic acids is 2. The molecule has 0 unspecified atom stereocenters. The molecular weight excluding hydrogens is 414 g/mol. The molecule has 0 atom stereocenters. The van der Waals surface area contributed by atoms with E-state index in [-0.39, 0.29) is 16.7 Å². The molecule has 1 N–H and O–H groups in total. The molecule has 31 heavy (non-hydrogen) atoms. The molecule has 2 aromatic rings. The third-order valence-corrected chi connectivity index (χ3v) is 7.86. The Morgan fingerprint density at radius 1 is 1.03 bits per heavy atom. The number of benzene rings is 2. The Morgan fingerprint density at radius 3 is 2.52 bits per heavy atom. The van der Waals surface area contributed by atoms with Crippen molar-refractivity contribution >= 4 is 27.5 Å². The molecule has 0 bridgehead atoms. The number of rotatable bonds is 5. The number of nitrogens with one attached hydrogen (secondary N) is 1. The molecule has 2 aliphatic heterocycles. The summed E-state index contributed by atoms with van der Waals surface area (Å²) in [5, 5.41) is 2.84. The predicted octanol–water partition coefficient (Wildman–Crippen LogP) is 2.43. The van der Waals surface area contributed by atoms with Crippen molar-refractivity contribution in [2.24, 2.45) is 5.92 Å². The summed E-state index contributed by atoms with van der Waals surface area (Å²) in [6.45, 7) is 3.73. The Kier molecular flexibility index (Phi) is 6.00. The van der Waals surface area contributed by atoms with E-state index in [2.05, 4.69) is 5.32 Å². The van der Waals surface area contributed by atoms with Crippen LogP contribution in [-0.4, -0.2) is 51.3 Å². The highest BCUT2D eigenvalue weighted by Crippen LogP contribution is 2.33. The minimum atomic E-state index is -3.74. The number of nitrogens with zero attached hydrogens (tertiary/aromatic N) is 2. The number of carbonyl (C=O) groups is 2. The van der Waals surface area contributed by atoms with Crippen LogP contribution in [0.25, 0.3) is 0 Å². The van der Waals surface area contributed by atoms with E-state index in [1.54, 1.807) is 23.1 Å². The maximum atomic E-state index is 13.3. The molecule has 0 aliphatic carbocycles. The highest BCUT2D eigenvalue weighted by atomic mass is 32.2. The first-order valence-electron chi connectivity index (χ1n) is 10.6. The monoisotopic (exact) mass is 441 g/mol. The van der Waals surface area contributed by atoms with Crippen molar-refractivity contribution < 1.29 is 18.0 Å². The Bertz CT molecular complexity index is 1090. The van der Waals surface area contributed by atoms with E-state index in [1.807, 2.05) is 24.3 Å². The molecule has 4 rings (SSSR count). The second kappa shape index (κ2) is 8.70. The van der Waals surface area contributed by atoms with E-state index >= 15 is 0 Å². The lowest BCUT2D eigenvalue weighted by Gasteiger charge is -2.32. The van der Waals surface area contributed by atoms with Gasteiger partial charge in [0.05, 0.1) is 10.6 Å². The van der Waals surface area contributed by atoms with Gasteiger partial charge in [-0.2, -0.15) is 0 Å². The second-order valence-electron chi connectivity index (χ2n) is 8.16. The van der Waals surface area contributed by atoms with Crippen LogP contribution < -0.4 is 9.62 Å². The summed E-state index contributed by atoms with van der Waals surface area (Å²) in [7, 11) is -3.74. The molecule has 7 nitrogen and oxygen atoms in total. The average molecular weight is 442 g/mol.